The maximum absolute atomic E-state index is 11.9. The summed E-state index contributed by atoms with van der Waals surface area (Å²) in [6.45, 7) is 0. The second-order valence-corrected chi connectivity index (χ2v) is 5.05. The van der Waals surface area contributed by atoms with Gasteiger partial charge in [-0.25, -0.2) is 4.98 Å². The SMILES string of the molecule is O=c1ccn2c(-c3ccccc3Cl)nc3cccc1c32. The van der Waals surface area contributed by atoms with Crippen molar-refractivity contribution in [3.8, 4) is 11.4 Å². The molecule has 0 amide bonds. The Kier molecular flexibility index (Phi) is 2.32. The highest BCUT2D eigenvalue weighted by atomic mass is 35.5. The van der Waals surface area contributed by atoms with E-state index in [1.165, 1.54) is 0 Å². The number of hydrogen-bond donors (Lipinski definition) is 0. The van der Waals surface area contributed by atoms with E-state index in [1.54, 1.807) is 12.3 Å². The van der Waals surface area contributed by atoms with E-state index in [2.05, 4.69) is 4.98 Å². The van der Waals surface area contributed by atoms with Crippen LogP contribution in [0.2, 0.25) is 5.02 Å². The van der Waals surface area contributed by atoms with E-state index < -0.39 is 0 Å². The molecule has 0 atom stereocenters. The zero-order valence-electron chi connectivity index (χ0n) is 10.4. The zero-order chi connectivity index (χ0) is 13.7. The predicted molar refractivity (Wildman–Crippen MR) is 80.6 cm³/mol. The van der Waals surface area contributed by atoms with E-state index in [1.807, 2.05) is 46.9 Å². The van der Waals surface area contributed by atoms with Gasteiger partial charge in [-0.15, -0.1) is 0 Å². The second-order valence-electron chi connectivity index (χ2n) is 4.64. The normalized spacial score (nSPS) is 11.4. The Morgan fingerprint density at radius 1 is 1.00 bits per heavy atom. The van der Waals surface area contributed by atoms with Gasteiger partial charge in [-0.2, -0.15) is 0 Å². The monoisotopic (exact) mass is 280 g/mol. The van der Waals surface area contributed by atoms with Crippen molar-refractivity contribution in [1.29, 1.82) is 0 Å². The Hall–Kier alpha value is -2.39. The van der Waals surface area contributed by atoms with Gasteiger partial charge < -0.3 is 0 Å². The highest BCUT2D eigenvalue weighted by Gasteiger charge is 2.14. The van der Waals surface area contributed by atoms with Crippen LogP contribution in [0.25, 0.3) is 27.8 Å². The number of hydrogen-bond acceptors (Lipinski definition) is 2. The number of imidazole rings is 1. The van der Waals surface area contributed by atoms with Crippen LogP contribution < -0.4 is 5.43 Å². The maximum Gasteiger partial charge on any atom is 0.189 e. The van der Waals surface area contributed by atoms with Gasteiger partial charge in [0, 0.05) is 23.2 Å². The third-order valence-electron chi connectivity index (χ3n) is 3.47. The Labute approximate surface area is 119 Å². The molecule has 4 heteroatoms. The molecule has 2 aromatic carbocycles. The van der Waals surface area contributed by atoms with Crippen molar-refractivity contribution in [3.05, 3.63) is 70.0 Å². The fraction of sp³-hybridized carbons (Fsp3) is 0. The van der Waals surface area contributed by atoms with Crippen molar-refractivity contribution in [2.75, 3.05) is 0 Å². The lowest BCUT2D eigenvalue weighted by Gasteiger charge is -2.03. The maximum atomic E-state index is 11.9. The Morgan fingerprint density at radius 3 is 2.70 bits per heavy atom. The van der Waals surface area contributed by atoms with Gasteiger partial charge >= 0.3 is 0 Å². The summed E-state index contributed by atoms with van der Waals surface area (Å²) < 4.78 is 1.92. The summed E-state index contributed by atoms with van der Waals surface area (Å²) >= 11 is 6.26. The summed E-state index contributed by atoms with van der Waals surface area (Å²) in [4.78, 5) is 16.6. The molecule has 0 radical (unpaired) electrons. The van der Waals surface area contributed by atoms with Crippen LogP contribution in [0.5, 0.6) is 0 Å². The van der Waals surface area contributed by atoms with Crippen LogP contribution in [-0.4, -0.2) is 9.38 Å². The Bertz CT molecular complexity index is 990. The van der Waals surface area contributed by atoms with Crippen molar-refractivity contribution < 1.29 is 0 Å². The molecule has 0 aliphatic carbocycles. The lowest BCUT2D eigenvalue weighted by atomic mass is 10.2. The molecule has 4 rings (SSSR count). The lowest BCUT2D eigenvalue weighted by Crippen LogP contribution is -2.02. The van der Waals surface area contributed by atoms with E-state index >= 15 is 0 Å². The van der Waals surface area contributed by atoms with Gasteiger partial charge in [-0.05, 0) is 24.3 Å². The van der Waals surface area contributed by atoms with Crippen LogP contribution in [0.3, 0.4) is 0 Å². The van der Waals surface area contributed by atoms with Gasteiger partial charge in [0.2, 0.25) is 0 Å². The summed E-state index contributed by atoms with van der Waals surface area (Å²) in [5.74, 6) is 0.752. The molecule has 0 spiro atoms. The third-order valence-corrected chi connectivity index (χ3v) is 3.79. The van der Waals surface area contributed by atoms with E-state index in [9.17, 15) is 4.79 Å². The Morgan fingerprint density at radius 2 is 1.85 bits per heavy atom. The largest absolute Gasteiger partial charge is 0.298 e. The number of pyridine rings is 1. The first kappa shape index (κ1) is 11.4. The number of rotatable bonds is 1. The summed E-state index contributed by atoms with van der Waals surface area (Å²) in [6.07, 6.45) is 1.75. The average Bonchev–Trinajstić information content (AvgIpc) is 2.83. The van der Waals surface area contributed by atoms with Crippen LogP contribution in [0.1, 0.15) is 0 Å². The molecular weight excluding hydrogens is 272 g/mol. The molecule has 2 heterocycles. The zero-order valence-corrected chi connectivity index (χ0v) is 11.1. The van der Waals surface area contributed by atoms with Crippen LogP contribution in [-0.2, 0) is 0 Å². The molecule has 0 N–H and O–H groups in total. The second kappa shape index (κ2) is 4.05. The molecule has 20 heavy (non-hydrogen) atoms. The number of para-hydroxylation sites is 1. The van der Waals surface area contributed by atoms with Gasteiger partial charge in [-0.3, -0.25) is 9.20 Å². The van der Waals surface area contributed by atoms with E-state index in [0.717, 1.165) is 22.4 Å². The molecule has 3 nitrogen and oxygen atoms in total. The lowest BCUT2D eigenvalue weighted by molar-refractivity contribution is 1.16. The first-order valence-corrected chi connectivity index (χ1v) is 6.62. The number of halogens is 1. The first-order valence-electron chi connectivity index (χ1n) is 6.24. The van der Waals surface area contributed by atoms with Crippen LogP contribution in [0.15, 0.2) is 59.5 Å². The Balaban J connectivity index is 2.20. The molecule has 0 saturated carbocycles. The summed E-state index contributed by atoms with van der Waals surface area (Å²) in [5, 5.41) is 1.32. The average molecular weight is 281 g/mol. The molecule has 0 saturated heterocycles. The smallest absolute Gasteiger partial charge is 0.189 e. The van der Waals surface area contributed by atoms with Gasteiger partial charge in [0.05, 0.1) is 16.1 Å². The fourth-order valence-corrected chi connectivity index (χ4v) is 2.78. The first-order chi connectivity index (χ1) is 9.75. The minimum absolute atomic E-state index is 0.00806. The summed E-state index contributed by atoms with van der Waals surface area (Å²) in [6, 6.07) is 14.7. The van der Waals surface area contributed by atoms with Crippen molar-refractivity contribution in [2.45, 2.75) is 0 Å². The third kappa shape index (κ3) is 1.47. The summed E-state index contributed by atoms with van der Waals surface area (Å²) in [5.41, 5.74) is 2.51. The van der Waals surface area contributed by atoms with Crippen molar-refractivity contribution in [1.82, 2.24) is 9.38 Å². The van der Waals surface area contributed by atoms with Gasteiger partial charge in [-0.1, -0.05) is 29.8 Å². The minimum atomic E-state index is 0.00806. The van der Waals surface area contributed by atoms with Crippen molar-refractivity contribution in [2.24, 2.45) is 0 Å². The molecule has 2 aromatic heterocycles. The minimum Gasteiger partial charge on any atom is -0.298 e. The van der Waals surface area contributed by atoms with Crippen molar-refractivity contribution in [3.63, 3.8) is 0 Å². The number of aromatic nitrogens is 2. The highest BCUT2D eigenvalue weighted by Crippen LogP contribution is 2.30. The van der Waals surface area contributed by atoms with Crippen LogP contribution in [0, 0.1) is 0 Å². The van der Waals surface area contributed by atoms with Gasteiger partial charge in [0.1, 0.15) is 5.82 Å². The predicted octanol–water partition coefficient (Wildman–Crippen LogP) is 3.61. The molecule has 0 aliphatic rings. The fourth-order valence-electron chi connectivity index (χ4n) is 2.56. The molecule has 0 unspecified atom stereocenters. The molecule has 0 bridgehead atoms. The highest BCUT2D eigenvalue weighted by molar-refractivity contribution is 6.33. The number of benzene rings is 2. The van der Waals surface area contributed by atoms with E-state index in [-0.39, 0.29) is 5.43 Å². The van der Waals surface area contributed by atoms with E-state index in [0.29, 0.717) is 10.4 Å². The topological polar surface area (TPSA) is 34.4 Å². The molecule has 0 fully saturated rings. The van der Waals surface area contributed by atoms with Gasteiger partial charge in [0.15, 0.2) is 5.43 Å². The summed E-state index contributed by atoms with van der Waals surface area (Å²) in [7, 11) is 0. The molecular formula is C16H9ClN2O. The van der Waals surface area contributed by atoms with Crippen LogP contribution >= 0.6 is 11.6 Å². The molecule has 96 valence electrons. The number of nitrogens with zero attached hydrogens (tertiary/aromatic N) is 2. The van der Waals surface area contributed by atoms with E-state index in [4.69, 9.17) is 11.6 Å². The van der Waals surface area contributed by atoms with Gasteiger partial charge in [0.25, 0.3) is 0 Å². The quantitative estimate of drug-likeness (QED) is 0.534. The van der Waals surface area contributed by atoms with Crippen molar-refractivity contribution >= 4 is 28.0 Å². The molecule has 0 aliphatic heterocycles. The standard InChI is InChI=1S/C16H9ClN2O/c17-12-6-2-1-4-10(12)16-18-13-7-3-5-11-14(20)8-9-19(16)15(11)13/h1-9H. The molecule has 4 aromatic rings. The van der Waals surface area contributed by atoms with Crippen LogP contribution in [0.4, 0.5) is 0 Å².